The average molecular weight is 458 g/mol. The Hall–Kier alpha value is -3.41. The van der Waals surface area contributed by atoms with Crippen LogP contribution in [0.4, 0.5) is 10.6 Å². The summed E-state index contributed by atoms with van der Waals surface area (Å²) in [5.74, 6) is 1.77. The van der Waals surface area contributed by atoms with Crippen molar-refractivity contribution < 1.29 is 4.79 Å². The fraction of sp³-hybridized carbons (Fsp3) is 0.393. The summed E-state index contributed by atoms with van der Waals surface area (Å²) in [6.45, 7) is 11.9. The molecule has 1 aliphatic rings. The van der Waals surface area contributed by atoms with E-state index in [2.05, 4.69) is 61.3 Å². The van der Waals surface area contributed by atoms with Gasteiger partial charge in [0.05, 0.1) is 0 Å². The van der Waals surface area contributed by atoms with E-state index in [1.807, 2.05) is 30.0 Å². The zero-order valence-electron chi connectivity index (χ0n) is 20.8. The molecule has 0 saturated carbocycles. The number of nitrogens with zero attached hydrogens (tertiary/aromatic N) is 4. The SMILES string of the molecule is CCNC(=O)N1CCN(c2nc(-c3ccccc3)nc(CC)c2Cc2cc(C)ccc2C)CC1. The van der Waals surface area contributed by atoms with Gasteiger partial charge in [-0.15, -0.1) is 0 Å². The van der Waals surface area contributed by atoms with Crippen LogP contribution in [0.5, 0.6) is 0 Å². The number of hydrogen-bond donors (Lipinski definition) is 1. The molecule has 2 amide bonds. The van der Waals surface area contributed by atoms with E-state index in [0.717, 1.165) is 48.8 Å². The van der Waals surface area contributed by atoms with Crippen molar-refractivity contribution in [3.05, 3.63) is 76.5 Å². The van der Waals surface area contributed by atoms with Crippen LogP contribution in [0.15, 0.2) is 48.5 Å². The molecule has 178 valence electrons. The van der Waals surface area contributed by atoms with Crippen molar-refractivity contribution >= 4 is 11.8 Å². The molecule has 6 nitrogen and oxygen atoms in total. The summed E-state index contributed by atoms with van der Waals surface area (Å²) in [5, 5.41) is 2.92. The number of aromatic nitrogens is 2. The van der Waals surface area contributed by atoms with E-state index in [1.54, 1.807) is 0 Å². The Morgan fingerprint density at radius 3 is 2.38 bits per heavy atom. The molecule has 1 fully saturated rings. The molecule has 0 bridgehead atoms. The Bertz CT molecular complexity index is 1140. The third-order valence-electron chi connectivity index (χ3n) is 6.50. The topological polar surface area (TPSA) is 61.4 Å². The van der Waals surface area contributed by atoms with E-state index < -0.39 is 0 Å². The van der Waals surface area contributed by atoms with Gasteiger partial charge in [-0.2, -0.15) is 0 Å². The molecule has 34 heavy (non-hydrogen) atoms. The lowest BCUT2D eigenvalue weighted by Crippen LogP contribution is -2.52. The van der Waals surface area contributed by atoms with Gasteiger partial charge in [0.15, 0.2) is 5.82 Å². The fourth-order valence-corrected chi connectivity index (χ4v) is 4.53. The van der Waals surface area contributed by atoms with Crippen LogP contribution in [-0.4, -0.2) is 53.6 Å². The number of carbonyl (C=O) groups excluding carboxylic acids is 1. The molecule has 3 aromatic rings. The Kier molecular flexibility index (Phi) is 7.46. The molecule has 0 atom stereocenters. The fourth-order valence-electron chi connectivity index (χ4n) is 4.53. The minimum Gasteiger partial charge on any atom is -0.353 e. The highest BCUT2D eigenvalue weighted by Crippen LogP contribution is 2.30. The summed E-state index contributed by atoms with van der Waals surface area (Å²) in [6, 6.07) is 16.8. The summed E-state index contributed by atoms with van der Waals surface area (Å²) in [4.78, 5) is 26.7. The molecule has 0 unspecified atom stereocenters. The average Bonchev–Trinajstić information content (AvgIpc) is 2.87. The molecular formula is C28H35N5O. The Labute approximate surface area is 203 Å². The maximum absolute atomic E-state index is 12.3. The molecule has 1 aromatic heterocycles. The zero-order chi connectivity index (χ0) is 24.1. The monoisotopic (exact) mass is 457 g/mol. The zero-order valence-corrected chi connectivity index (χ0v) is 20.8. The minimum atomic E-state index is 0.0136. The normalized spacial score (nSPS) is 13.8. The lowest BCUT2D eigenvalue weighted by Gasteiger charge is -2.36. The number of nitrogens with one attached hydrogen (secondary N) is 1. The largest absolute Gasteiger partial charge is 0.353 e. The molecule has 2 aromatic carbocycles. The van der Waals surface area contributed by atoms with Crippen molar-refractivity contribution in [2.75, 3.05) is 37.6 Å². The van der Waals surface area contributed by atoms with E-state index in [1.165, 1.54) is 22.3 Å². The molecule has 1 saturated heterocycles. The summed E-state index contributed by atoms with van der Waals surface area (Å²) in [7, 11) is 0. The number of piperazine rings is 1. The van der Waals surface area contributed by atoms with Crippen molar-refractivity contribution in [3.8, 4) is 11.4 Å². The summed E-state index contributed by atoms with van der Waals surface area (Å²) < 4.78 is 0. The maximum Gasteiger partial charge on any atom is 0.317 e. The first kappa shape index (κ1) is 23.7. The van der Waals surface area contributed by atoms with E-state index in [-0.39, 0.29) is 6.03 Å². The maximum atomic E-state index is 12.3. The van der Waals surface area contributed by atoms with Crippen molar-refractivity contribution in [2.24, 2.45) is 0 Å². The molecule has 0 spiro atoms. The number of amides is 2. The first-order valence-corrected chi connectivity index (χ1v) is 12.3. The smallest absolute Gasteiger partial charge is 0.317 e. The van der Waals surface area contributed by atoms with Crippen LogP contribution in [0.25, 0.3) is 11.4 Å². The first-order chi connectivity index (χ1) is 16.5. The van der Waals surface area contributed by atoms with Crippen molar-refractivity contribution in [2.45, 2.75) is 40.5 Å². The lowest BCUT2D eigenvalue weighted by molar-refractivity contribution is 0.195. The number of benzene rings is 2. The predicted octanol–water partition coefficient (Wildman–Crippen LogP) is 4.77. The number of rotatable bonds is 6. The number of aryl methyl sites for hydroxylation is 3. The van der Waals surface area contributed by atoms with Gasteiger partial charge >= 0.3 is 6.03 Å². The van der Waals surface area contributed by atoms with E-state index in [4.69, 9.17) is 9.97 Å². The summed E-state index contributed by atoms with van der Waals surface area (Å²) in [5.41, 5.74) is 7.17. The van der Waals surface area contributed by atoms with E-state index in [0.29, 0.717) is 19.6 Å². The molecule has 4 rings (SSSR count). The van der Waals surface area contributed by atoms with Gasteiger partial charge in [0, 0.05) is 56.0 Å². The standard InChI is InChI=1S/C28H35N5O/c1-5-25-24(19-23-18-20(3)12-13-21(23)4)27(31-26(30-25)22-10-8-7-9-11-22)32-14-16-33(17-15-32)28(34)29-6-2/h7-13,18H,5-6,14-17,19H2,1-4H3,(H,29,34). The van der Waals surface area contributed by atoms with Gasteiger partial charge in [0.25, 0.3) is 0 Å². The second-order valence-electron chi connectivity index (χ2n) is 8.93. The Morgan fingerprint density at radius 2 is 1.71 bits per heavy atom. The van der Waals surface area contributed by atoms with Gasteiger partial charge in [-0.3, -0.25) is 0 Å². The van der Waals surface area contributed by atoms with Gasteiger partial charge in [0.1, 0.15) is 5.82 Å². The highest BCUT2D eigenvalue weighted by atomic mass is 16.2. The number of carbonyl (C=O) groups is 1. The second kappa shape index (κ2) is 10.7. The van der Waals surface area contributed by atoms with Crippen LogP contribution < -0.4 is 10.2 Å². The Morgan fingerprint density at radius 1 is 0.971 bits per heavy atom. The molecule has 2 heterocycles. The Balaban J connectivity index is 1.74. The highest BCUT2D eigenvalue weighted by Gasteiger charge is 2.26. The first-order valence-electron chi connectivity index (χ1n) is 12.3. The van der Waals surface area contributed by atoms with E-state index in [9.17, 15) is 4.79 Å². The van der Waals surface area contributed by atoms with Gasteiger partial charge in [-0.05, 0) is 38.3 Å². The molecule has 0 aliphatic carbocycles. The van der Waals surface area contributed by atoms with Crippen molar-refractivity contribution in [3.63, 3.8) is 0 Å². The van der Waals surface area contributed by atoms with Crippen LogP contribution in [0.1, 0.15) is 41.8 Å². The summed E-state index contributed by atoms with van der Waals surface area (Å²) >= 11 is 0. The molecule has 6 heteroatoms. The van der Waals surface area contributed by atoms with Crippen LogP contribution >= 0.6 is 0 Å². The molecule has 1 N–H and O–H groups in total. The second-order valence-corrected chi connectivity index (χ2v) is 8.93. The van der Waals surface area contributed by atoms with Gasteiger partial charge < -0.3 is 15.1 Å². The lowest BCUT2D eigenvalue weighted by atomic mass is 9.96. The number of hydrogen-bond acceptors (Lipinski definition) is 4. The van der Waals surface area contributed by atoms with Gasteiger partial charge in [-0.25, -0.2) is 14.8 Å². The summed E-state index contributed by atoms with van der Waals surface area (Å²) in [6.07, 6.45) is 1.64. The number of urea groups is 1. The third-order valence-corrected chi connectivity index (χ3v) is 6.50. The minimum absolute atomic E-state index is 0.0136. The highest BCUT2D eigenvalue weighted by molar-refractivity contribution is 5.74. The third kappa shape index (κ3) is 5.22. The van der Waals surface area contributed by atoms with Crippen molar-refractivity contribution in [1.82, 2.24) is 20.2 Å². The van der Waals surface area contributed by atoms with Gasteiger partial charge in [0.2, 0.25) is 0 Å². The quantitative estimate of drug-likeness (QED) is 0.579. The van der Waals surface area contributed by atoms with Crippen molar-refractivity contribution in [1.29, 1.82) is 0 Å². The van der Waals surface area contributed by atoms with Crippen LogP contribution in [-0.2, 0) is 12.8 Å². The molecule has 1 aliphatic heterocycles. The van der Waals surface area contributed by atoms with Crippen LogP contribution in [0.3, 0.4) is 0 Å². The molecule has 0 radical (unpaired) electrons. The van der Waals surface area contributed by atoms with E-state index >= 15 is 0 Å². The number of anilines is 1. The molecular weight excluding hydrogens is 422 g/mol. The van der Waals surface area contributed by atoms with Crippen LogP contribution in [0, 0.1) is 13.8 Å². The van der Waals surface area contributed by atoms with Crippen LogP contribution in [0.2, 0.25) is 0 Å². The van der Waals surface area contributed by atoms with Gasteiger partial charge in [-0.1, -0.05) is 61.0 Å². The predicted molar refractivity (Wildman–Crippen MR) is 138 cm³/mol.